The molecule has 0 radical (unpaired) electrons. The molecule has 0 aliphatic heterocycles. The topological polar surface area (TPSA) is 87.7 Å². The van der Waals surface area contributed by atoms with E-state index in [1.807, 2.05) is 0 Å². The van der Waals surface area contributed by atoms with Crippen molar-refractivity contribution in [2.75, 3.05) is 12.4 Å². The lowest BCUT2D eigenvalue weighted by Gasteiger charge is -2.20. The van der Waals surface area contributed by atoms with Crippen molar-refractivity contribution in [1.29, 1.82) is 0 Å². The Bertz CT molecular complexity index is 550. The van der Waals surface area contributed by atoms with E-state index in [1.165, 1.54) is 12.1 Å². The third-order valence-corrected chi connectivity index (χ3v) is 4.22. The number of aromatic carboxylic acids is 1. The van der Waals surface area contributed by atoms with Crippen molar-refractivity contribution in [2.24, 2.45) is 0 Å². The Balaban J connectivity index is 2.02. The maximum Gasteiger partial charge on any atom is 0.335 e. The predicted molar refractivity (Wildman–Crippen MR) is 81.7 cm³/mol. The number of hydrogen-bond acceptors (Lipinski definition) is 3. The molecule has 1 aliphatic carbocycles. The average Bonchev–Trinajstić information content (AvgIpc) is 2.88. The van der Waals surface area contributed by atoms with Gasteiger partial charge in [0.15, 0.2) is 0 Å². The van der Waals surface area contributed by atoms with Gasteiger partial charge in [-0.15, -0.1) is 0 Å². The van der Waals surface area contributed by atoms with Crippen LogP contribution in [0.5, 0.6) is 0 Å². The SMILES string of the molecule is COC1CCCC1NC(=O)Nc1cc(C(=O)O)ccc1Br. The maximum atomic E-state index is 12.0. The van der Waals surface area contributed by atoms with Crippen LogP contribution in [0.25, 0.3) is 0 Å². The molecule has 0 saturated heterocycles. The minimum absolute atomic E-state index is 0.0172. The highest BCUT2D eigenvalue weighted by Gasteiger charge is 2.28. The van der Waals surface area contributed by atoms with Crippen molar-refractivity contribution < 1.29 is 19.4 Å². The van der Waals surface area contributed by atoms with Crippen LogP contribution in [0, 0.1) is 0 Å². The third-order valence-electron chi connectivity index (χ3n) is 3.53. The highest BCUT2D eigenvalue weighted by atomic mass is 79.9. The largest absolute Gasteiger partial charge is 0.478 e. The first-order valence-corrected chi connectivity index (χ1v) is 7.43. The Morgan fingerprint density at radius 2 is 2.14 bits per heavy atom. The zero-order valence-electron chi connectivity index (χ0n) is 11.6. The molecule has 0 bridgehead atoms. The smallest absolute Gasteiger partial charge is 0.335 e. The first-order valence-electron chi connectivity index (χ1n) is 6.64. The van der Waals surface area contributed by atoms with E-state index in [1.54, 1.807) is 13.2 Å². The lowest BCUT2D eigenvalue weighted by atomic mass is 10.2. The second kappa shape index (κ2) is 6.91. The minimum atomic E-state index is -1.04. The summed E-state index contributed by atoms with van der Waals surface area (Å²) >= 11 is 3.29. The number of carboxylic acids is 1. The number of ether oxygens (including phenoxy) is 1. The van der Waals surface area contributed by atoms with Crippen molar-refractivity contribution in [1.82, 2.24) is 5.32 Å². The van der Waals surface area contributed by atoms with Crippen LogP contribution in [0.2, 0.25) is 0 Å². The van der Waals surface area contributed by atoms with Crippen molar-refractivity contribution in [3.63, 3.8) is 0 Å². The summed E-state index contributed by atoms with van der Waals surface area (Å²) in [7, 11) is 1.63. The van der Waals surface area contributed by atoms with E-state index in [-0.39, 0.29) is 23.7 Å². The van der Waals surface area contributed by atoms with Crippen LogP contribution in [0.1, 0.15) is 29.6 Å². The first kappa shape index (κ1) is 15.8. The minimum Gasteiger partial charge on any atom is -0.478 e. The lowest BCUT2D eigenvalue weighted by molar-refractivity contribution is 0.0697. The Kier molecular flexibility index (Phi) is 5.19. The molecule has 2 rings (SSSR count). The third kappa shape index (κ3) is 3.95. The number of anilines is 1. The van der Waals surface area contributed by atoms with Crippen molar-refractivity contribution in [2.45, 2.75) is 31.4 Å². The van der Waals surface area contributed by atoms with Gasteiger partial charge in [-0.2, -0.15) is 0 Å². The fraction of sp³-hybridized carbons (Fsp3) is 0.429. The highest BCUT2D eigenvalue weighted by molar-refractivity contribution is 9.10. The highest BCUT2D eigenvalue weighted by Crippen LogP contribution is 2.25. The van der Waals surface area contributed by atoms with Crippen molar-refractivity contribution in [3.8, 4) is 0 Å². The molecule has 2 amide bonds. The molecular formula is C14H17BrN2O4. The van der Waals surface area contributed by atoms with Crippen LogP contribution in [0.15, 0.2) is 22.7 Å². The molecule has 0 spiro atoms. The summed E-state index contributed by atoms with van der Waals surface area (Å²) in [5.74, 6) is -1.04. The number of halogens is 1. The second-order valence-corrected chi connectivity index (χ2v) is 5.76. The number of benzene rings is 1. The molecule has 1 fully saturated rings. The molecule has 6 nitrogen and oxygen atoms in total. The van der Waals surface area contributed by atoms with Gasteiger partial charge < -0.3 is 20.5 Å². The van der Waals surface area contributed by atoms with Gasteiger partial charge in [0.05, 0.1) is 23.4 Å². The van der Waals surface area contributed by atoms with Crippen LogP contribution in [-0.4, -0.2) is 36.4 Å². The molecule has 1 aromatic rings. The van der Waals surface area contributed by atoms with E-state index < -0.39 is 5.97 Å². The molecule has 114 valence electrons. The summed E-state index contributed by atoms with van der Waals surface area (Å²) < 4.78 is 5.94. The zero-order valence-corrected chi connectivity index (χ0v) is 13.1. The number of urea groups is 1. The van der Waals surface area contributed by atoms with Gasteiger partial charge in [0.2, 0.25) is 0 Å². The van der Waals surface area contributed by atoms with Gasteiger partial charge in [0, 0.05) is 11.6 Å². The molecule has 1 saturated carbocycles. The van der Waals surface area contributed by atoms with Gasteiger partial charge in [-0.3, -0.25) is 0 Å². The van der Waals surface area contributed by atoms with Crippen LogP contribution >= 0.6 is 15.9 Å². The summed E-state index contributed by atoms with van der Waals surface area (Å²) in [6.45, 7) is 0. The Morgan fingerprint density at radius 3 is 2.81 bits per heavy atom. The lowest BCUT2D eigenvalue weighted by Crippen LogP contribution is -2.42. The Hall–Kier alpha value is -1.60. The van der Waals surface area contributed by atoms with E-state index in [9.17, 15) is 9.59 Å². The van der Waals surface area contributed by atoms with E-state index >= 15 is 0 Å². The molecule has 0 aromatic heterocycles. The van der Waals surface area contributed by atoms with Gasteiger partial charge in [-0.25, -0.2) is 9.59 Å². The van der Waals surface area contributed by atoms with Gasteiger partial charge in [0.1, 0.15) is 0 Å². The zero-order chi connectivity index (χ0) is 15.4. The summed E-state index contributed by atoms with van der Waals surface area (Å²) in [6.07, 6.45) is 2.85. The molecule has 1 aliphatic rings. The quantitative estimate of drug-likeness (QED) is 0.773. The van der Waals surface area contributed by atoms with Crippen LogP contribution < -0.4 is 10.6 Å². The van der Waals surface area contributed by atoms with Gasteiger partial charge in [-0.05, 0) is 53.4 Å². The number of carbonyl (C=O) groups is 2. The van der Waals surface area contributed by atoms with Crippen LogP contribution in [0.3, 0.4) is 0 Å². The van der Waals surface area contributed by atoms with Crippen LogP contribution in [-0.2, 0) is 4.74 Å². The molecule has 21 heavy (non-hydrogen) atoms. The number of amides is 2. The molecule has 2 unspecified atom stereocenters. The number of nitrogens with one attached hydrogen (secondary N) is 2. The molecule has 7 heteroatoms. The maximum absolute atomic E-state index is 12.0. The number of hydrogen-bond donors (Lipinski definition) is 3. The van der Waals surface area contributed by atoms with E-state index in [0.717, 1.165) is 19.3 Å². The number of methoxy groups -OCH3 is 1. The average molecular weight is 357 g/mol. The summed E-state index contributed by atoms with van der Waals surface area (Å²) in [6, 6.07) is 4.08. The van der Waals surface area contributed by atoms with Gasteiger partial charge >= 0.3 is 12.0 Å². The van der Waals surface area contributed by atoms with Gasteiger partial charge in [-0.1, -0.05) is 0 Å². The molecule has 1 aromatic carbocycles. The second-order valence-electron chi connectivity index (χ2n) is 4.91. The molecule has 3 N–H and O–H groups in total. The van der Waals surface area contributed by atoms with Crippen molar-refractivity contribution in [3.05, 3.63) is 28.2 Å². The van der Waals surface area contributed by atoms with E-state index in [2.05, 4.69) is 26.6 Å². The monoisotopic (exact) mass is 356 g/mol. The van der Waals surface area contributed by atoms with Crippen LogP contribution in [0.4, 0.5) is 10.5 Å². The fourth-order valence-corrected chi connectivity index (χ4v) is 2.80. The van der Waals surface area contributed by atoms with Gasteiger partial charge in [0.25, 0.3) is 0 Å². The molecular weight excluding hydrogens is 340 g/mol. The number of carboxylic acid groups (broad SMARTS) is 1. The predicted octanol–water partition coefficient (Wildman–Crippen LogP) is 2.84. The number of rotatable bonds is 4. The fourth-order valence-electron chi connectivity index (χ4n) is 2.45. The standard InChI is InChI=1S/C14H17BrN2O4/c1-21-12-4-2-3-10(12)16-14(20)17-11-7-8(13(18)19)5-6-9(11)15/h5-7,10,12H,2-4H2,1H3,(H,18,19)(H2,16,17,20). The molecule has 0 heterocycles. The Morgan fingerprint density at radius 1 is 1.38 bits per heavy atom. The van der Waals surface area contributed by atoms with Crippen molar-refractivity contribution >= 4 is 33.6 Å². The molecule has 2 atom stereocenters. The normalized spacial score (nSPS) is 21.0. The summed E-state index contributed by atoms with van der Waals surface area (Å²) in [4.78, 5) is 23.0. The van der Waals surface area contributed by atoms with E-state index in [4.69, 9.17) is 9.84 Å². The summed E-state index contributed by atoms with van der Waals surface area (Å²) in [5.41, 5.74) is 0.531. The number of carbonyl (C=O) groups excluding carboxylic acids is 1. The summed E-state index contributed by atoms with van der Waals surface area (Å²) in [5, 5.41) is 14.5. The van der Waals surface area contributed by atoms with E-state index in [0.29, 0.717) is 10.2 Å². The Labute approximate surface area is 131 Å². The first-order chi connectivity index (χ1) is 10.0.